The second-order valence-electron chi connectivity index (χ2n) is 4.53. The molecule has 0 aliphatic rings. The Bertz CT molecular complexity index is 856. The van der Waals surface area contributed by atoms with Gasteiger partial charge in [-0.2, -0.15) is 0 Å². The largest absolute Gasteiger partial charge is 0.296 e. The van der Waals surface area contributed by atoms with Crippen LogP contribution in [0.3, 0.4) is 0 Å². The molecular weight excluding hydrogens is 280 g/mol. The van der Waals surface area contributed by atoms with E-state index in [1.165, 1.54) is 12.1 Å². The van der Waals surface area contributed by atoms with Crippen LogP contribution in [0.1, 0.15) is 0 Å². The number of fused-ring (bicyclic) bond motifs is 1. The summed E-state index contributed by atoms with van der Waals surface area (Å²) in [7, 11) is 0. The van der Waals surface area contributed by atoms with Gasteiger partial charge in [0.2, 0.25) is 0 Å². The Morgan fingerprint density at radius 3 is 2.36 bits per heavy atom. The van der Waals surface area contributed by atoms with E-state index < -0.39 is 4.92 Å². The highest BCUT2D eigenvalue weighted by atomic mass is 16.6. The van der Waals surface area contributed by atoms with Crippen molar-refractivity contribution in [2.24, 2.45) is 10.3 Å². The summed E-state index contributed by atoms with van der Waals surface area (Å²) in [5, 5.41) is 20.5. The number of hydrogen-bond acceptors (Lipinski definition) is 4. The quantitative estimate of drug-likeness (QED) is 0.397. The van der Waals surface area contributed by atoms with Gasteiger partial charge >= 0.3 is 0 Å². The average Bonchev–Trinajstić information content (AvgIpc) is 2.55. The molecule has 0 aromatic heterocycles. The number of hydrogen-bond donors (Lipinski definition) is 0. The number of nitro benzene ring substituents is 1. The van der Waals surface area contributed by atoms with Gasteiger partial charge in [-0.1, -0.05) is 48.5 Å². The summed E-state index contributed by atoms with van der Waals surface area (Å²) in [5.41, 5.74) is 4.81. The summed E-state index contributed by atoms with van der Waals surface area (Å²) < 4.78 is 0. The van der Waals surface area contributed by atoms with Gasteiger partial charge in [-0.15, -0.1) is 10.5 Å². The highest BCUT2D eigenvalue weighted by molar-refractivity contribution is 5.91. The van der Waals surface area contributed by atoms with Crippen LogP contribution in [0, 0.1) is 10.1 Å². The monoisotopic (exact) mass is 291 g/mol. The number of nitro groups is 1. The van der Waals surface area contributed by atoms with Gasteiger partial charge in [-0.05, 0) is 22.7 Å². The molecule has 0 aliphatic carbocycles. The Balaban J connectivity index is 1.87. The lowest BCUT2D eigenvalue weighted by Crippen LogP contribution is -1.89. The summed E-state index contributed by atoms with van der Waals surface area (Å²) in [6.45, 7) is 0. The van der Waals surface area contributed by atoms with Gasteiger partial charge in [0, 0.05) is 11.5 Å². The van der Waals surface area contributed by atoms with Crippen LogP contribution < -0.4 is 5.43 Å². The maximum Gasteiger partial charge on any atom is 0.296 e. The minimum Gasteiger partial charge on any atom is -0.258 e. The van der Waals surface area contributed by atoms with Crippen molar-refractivity contribution in [3.05, 3.63) is 76.8 Å². The van der Waals surface area contributed by atoms with Crippen molar-refractivity contribution in [3.63, 3.8) is 0 Å². The van der Waals surface area contributed by atoms with E-state index >= 15 is 0 Å². The molecule has 0 saturated carbocycles. The minimum absolute atomic E-state index is 0.0978. The van der Waals surface area contributed by atoms with Crippen molar-refractivity contribution in [1.29, 1.82) is 0 Å². The Kier molecular flexibility index (Phi) is 3.74. The van der Waals surface area contributed by atoms with Crippen LogP contribution in [-0.2, 0) is 0 Å². The van der Waals surface area contributed by atoms with Crippen LogP contribution in [-0.4, -0.2) is 4.92 Å². The van der Waals surface area contributed by atoms with Gasteiger partial charge in [-0.25, -0.2) is 0 Å². The van der Waals surface area contributed by atoms with Gasteiger partial charge in [0.1, 0.15) is 0 Å². The molecule has 0 bridgehead atoms. The Morgan fingerprint density at radius 2 is 1.50 bits per heavy atom. The van der Waals surface area contributed by atoms with Crippen molar-refractivity contribution in [3.8, 4) is 0 Å². The maximum atomic E-state index is 10.9. The molecule has 0 N–H and O–H groups in total. The standard InChI is InChI=1S/C16H11N4O2/c21-20(22)16-11-4-3-9-15(16)18-19-17-14-10-5-7-12-6-1-2-8-13(12)14/h1-11H. The molecule has 0 spiro atoms. The number of para-hydroxylation sites is 1. The summed E-state index contributed by atoms with van der Waals surface area (Å²) in [6, 6.07) is 19.6. The SMILES string of the molecule is O=[N+]([O-])c1ccccc1N=N[N]c1cccc2ccccc12. The zero-order chi connectivity index (χ0) is 15.4. The average molecular weight is 291 g/mol. The second kappa shape index (κ2) is 6.01. The molecule has 107 valence electrons. The van der Waals surface area contributed by atoms with Crippen LogP contribution in [0.4, 0.5) is 17.1 Å². The molecule has 3 rings (SSSR count). The molecule has 0 saturated heterocycles. The molecule has 0 fully saturated rings. The highest BCUT2D eigenvalue weighted by Gasteiger charge is 2.11. The first-order valence-corrected chi connectivity index (χ1v) is 6.58. The predicted octanol–water partition coefficient (Wildman–Crippen LogP) is 4.68. The fraction of sp³-hybridized carbons (Fsp3) is 0. The highest BCUT2D eigenvalue weighted by Crippen LogP contribution is 2.27. The number of benzene rings is 3. The van der Waals surface area contributed by atoms with E-state index in [9.17, 15) is 10.1 Å². The fourth-order valence-electron chi connectivity index (χ4n) is 2.12. The molecule has 1 radical (unpaired) electrons. The third-order valence-corrected chi connectivity index (χ3v) is 3.15. The molecule has 0 unspecified atom stereocenters. The van der Waals surface area contributed by atoms with Gasteiger partial charge in [-0.3, -0.25) is 10.1 Å². The molecule has 22 heavy (non-hydrogen) atoms. The molecule has 3 aromatic rings. The van der Waals surface area contributed by atoms with Crippen molar-refractivity contribution in [2.45, 2.75) is 0 Å². The van der Waals surface area contributed by atoms with Crippen LogP contribution in [0.15, 0.2) is 77.1 Å². The molecule has 0 amide bonds. The van der Waals surface area contributed by atoms with E-state index in [-0.39, 0.29) is 11.4 Å². The topological polar surface area (TPSA) is 82.0 Å². The molecule has 0 atom stereocenters. The van der Waals surface area contributed by atoms with E-state index in [4.69, 9.17) is 0 Å². The summed E-state index contributed by atoms with van der Waals surface area (Å²) in [6.07, 6.45) is 0. The molecule has 0 aliphatic heterocycles. The number of nitrogens with zero attached hydrogens (tertiary/aromatic N) is 4. The van der Waals surface area contributed by atoms with Crippen molar-refractivity contribution < 1.29 is 4.92 Å². The van der Waals surface area contributed by atoms with E-state index in [0.29, 0.717) is 5.69 Å². The lowest BCUT2D eigenvalue weighted by Gasteiger charge is -2.01. The second-order valence-corrected chi connectivity index (χ2v) is 4.53. The minimum atomic E-state index is -0.494. The summed E-state index contributed by atoms with van der Waals surface area (Å²) in [5.74, 6) is 0. The first-order valence-electron chi connectivity index (χ1n) is 6.58. The predicted molar refractivity (Wildman–Crippen MR) is 83.4 cm³/mol. The zero-order valence-electron chi connectivity index (χ0n) is 11.5. The van der Waals surface area contributed by atoms with E-state index in [1.807, 2.05) is 42.5 Å². The van der Waals surface area contributed by atoms with Crippen LogP contribution in [0.2, 0.25) is 0 Å². The molecule has 6 heteroatoms. The number of rotatable bonds is 4. The van der Waals surface area contributed by atoms with Gasteiger partial charge in [0.25, 0.3) is 5.69 Å². The summed E-state index contributed by atoms with van der Waals surface area (Å²) in [4.78, 5) is 10.4. The third-order valence-electron chi connectivity index (χ3n) is 3.15. The Hall–Kier alpha value is -3.28. The lowest BCUT2D eigenvalue weighted by molar-refractivity contribution is -0.384. The van der Waals surface area contributed by atoms with E-state index in [2.05, 4.69) is 15.8 Å². The maximum absolute atomic E-state index is 10.9. The van der Waals surface area contributed by atoms with E-state index in [0.717, 1.165) is 10.8 Å². The van der Waals surface area contributed by atoms with E-state index in [1.54, 1.807) is 12.1 Å². The Labute approximate surface area is 126 Å². The molecule has 0 heterocycles. The van der Waals surface area contributed by atoms with Crippen molar-refractivity contribution in [1.82, 2.24) is 5.43 Å². The van der Waals surface area contributed by atoms with Crippen molar-refractivity contribution >= 4 is 27.8 Å². The normalized spacial score (nSPS) is 10.9. The molecular formula is C16H11N4O2. The summed E-state index contributed by atoms with van der Waals surface area (Å²) >= 11 is 0. The third kappa shape index (κ3) is 2.76. The molecule has 3 aromatic carbocycles. The van der Waals surface area contributed by atoms with Crippen LogP contribution >= 0.6 is 0 Å². The molecule has 6 nitrogen and oxygen atoms in total. The van der Waals surface area contributed by atoms with Gasteiger partial charge in [0.05, 0.1) is 10.6 Å². The lowest BCUT2D eigenvalue weighted by atomic mass is 10.1. The Morgan fingerprint density at radius 1 is 0.818 bits per heavy atom. The first kappa shape index (κ1) is 13.7. The zero-order valence-corrected chi connectivity index (χ0v) is 11.5. The first-order chi connectivity index (χ1) is 10.8. The van der Waals surface area contributed by atoms with Gasteiger partial charge in [0.15, 0.2) is 5.69 Å². The van der Waals surface area contributed by atoms with Crippen molar-refractivity contribution in [2.75, 3.05) is 0 Å². The van der Waals surface area contributed by atoms with Crippen LogP contribution in [0.5, 0.6) is 0 Å². The van der Waals surface area contributed by atoms with Gasteiger partial charge < -0.3 is 0 Å². The smallest absolute Gasteiger partial charge is 0.258 e. The van der Waals surface area contributed by atoms with Crippen LogP contribution in [0.25, 0.3) is 10.8 Å². The fourth-order valence-corrected chi connectivity index (χ4v) is 2.12.